The van der Waals surface area contributed by atoms with Crippen LogP contribution in [0.3, 0.4) is 0 Å². The summed E-state index contributed by atoms with van der Waals surface area (Å²) >= 11 is 0. The summed E-state index contributed by atoms with van der Waals surface area (Å²) in [5.74, 6) is -0.271. The number of rotatable bonds is 5. The number of carbonyl (C=O) groups excluding carboxylic acids is 2. The highest BCUT2D eigenvalue weighted by atomic mass is 32.2. The van der Waals surface area contributed by atoms with Crippen molar-refractivity contribution in [1.82, 2.24) is 10.9 Å². The van der Waals surface area contributed by atoms with Crippen LogP contribution in [0.25, 0.3) is 0 Å². The van der Waals surface area contributed by atoms with E-state index in [2.05, 4.69) is 10.9 Å². The third-order valence-corrected chi connectivity index (χ3v) is 5.60. The Morgan fingerprint density at radius 2 is 1.96 bits per heavy atom. The number of amides is 2. The van der Waals surface area contributed by atoms with Crippen LogP contribution >= 0.6 is 0 Å². The van der Waals surface area contributed by atoms with Crippen molar-refractivity contribution in [3.05, 3.63) is 23.8 Å². The molecule has 0 bridgehead atoms. The molecule has 1 aliphatic heterocycles. The Morgan fingerprint density at radius 1 is 1.21 bits per heavy atom. The number of hydrogen-bond donors (Lipinski definition) is 2. The van der Waals surface area contributed by atoms with Crippen molar-refractivity contribution in [2.75, 3.05) is 25.7 Å². The average Bonchev–Trinajstić information content (AvgIpc) is 2.90. The normalized spacial score (nSPS) is 18.7. The fourth-order valence-electron chi connectivity index (χ4n) is 2.53. The fraction of sp³-hybridized carbons (Fsp3) is 0.467. The molecular formula is C15H20N2O6S. The molecule has 1 aromatic carbocycles. The van der Waals surface area contributed by atoms with Crippen LogP contribution in [-0.4, -0.2) is 46.0 Å². The fourth-order valence-corrected chi connectivity index (χ4v) is 4.39. The van der Waals surface area contributed by atoms with Gasteiger partial charge in [-0.2, -0.15) is 0 Å². The maximum atomic E-state index is 12.2. The summed E-state index contributed by atoms with van der Waals surface area (Å²) in [5, 5.41) is 0. The van der Waals surface area contributed by atoms with Crippen molar-refractivity contribution < 1.29 is 27.5 Å². The van der Waals surface area contributed by atoms with Crippen molar-refractivity contribution in [2.45, 2.75) is 12.8 Å². The van der Waals surface area contributed by atoms with E-state index in [9.17, 15) is 18.0 Å². The highest BCUT2D eigenvalue weighted by Crippen LogP contribution is 2.24. The van der Waals surface area contributed by atoms with Gasteiger partial charge in [0.15, 0.2) is 9.84 Å². The summed E-state index contributed by atoms with van der Waals surface area (Å²) in [4.78, 5) is 24.0. The predicted molar refractivity (Wildman–Crippen MR) is 86.5 cm³/mol. The first-order valence-corrected chi connectivity index (χ1v) is 9.18. The molecular weight excluding hydrogens is 336 g/mol. The standard InChI is InChI=1S/C15H20N2O6S/c1-22-11-3-4-13(23-2)12(8-11)15(19)17-16-14(18)7-10-5-6-24(20,21)9-10/h3-4,8,10H,5-7,9H2,1-2H3,(H,16,18)(H,17,19)/t10-/m1/s1. The SMILES string of the molecule is COc1ccc(OC)c(C(=O)NNC(=O)C[C@H]2CCS(=O)(=O)C2)c1. The molecule has 1 heterocycles. The molecule has 2 amide bonds. The third kappa shape index (κ3) is 4.60. The van der Waals surface area contributed by atoms with Crippen LogP contribution in [0.2, 0.25) is 0 Å². The zero-order valence-corrected chi connectivity index (χ0v) is 14.3. The van der Waals surface area contributed by atoms with Crippen LogP contribution in [0, 0.1) is 5.92 Å². The molecule has 1 fully saturated rings. The van der Waals surface area contributed by atoms with Gasteiger partial charge in [-0.05, 0) is 30.5 Å². The number of ether oxygens (including phenoxy) is 2. The van der Waals surface area contributed by atoms with Crippen LogP contribution in [0.4, 0.5) is 0 Å². The number of benzene rings is 1. The Morgan fingerprint density at radius 3 is 2.54 bits per heavy atom. The second-order valence-electron chi connectivity index (χ2n) is 5.54. The van der Waals surface area contributed by atoms with Gasteiger partial charge in [0.2, 0.25) is 5.91 Å². The molecule has 1 saturated heterocycles. The molecule has 2 N–H and O–H groups in total. The Labute approximate surface area is 140 Å². The minimum Gasteiger partial charge on any atom is -0.497 e. The van der Waals surface area contributed by atoms with E-state index in [0.717, 1.165) is 0 Å². The van der Waals surface area contributed by atoms with Gasteiger partial charge in [0, 0.05) is 6.42 Å². The molecule has 132 valence electrons. The number of nitrogens with one attached hydrogen (secondary N) is 2. The molecule has 1 aliphatic rings. The maximum Gasteiger partial charge on any atom is 0.273 e. The molecule has 0 unspecified atom stereocenters. The van der Waals surface area contributed by atoms with Crippen molar-refractivity contribution in [2.24, 2.45) is 5.92 Å². The zero-order valence-electron chi connectivity index (χ0n) is 13.5. The van der Waals surface area contributed by atoms with E-state index >= 15 is 0 Å². The number of hydrogen-bond acceptors (Lipinski definition) is 6. The molecule has 0 spiro atoms. The van der Waals surface area contributed by atoms with E-state index in [1.165, 1.54) is 20.3 Å². The van der Waals surface area contributed by atoms with Crippen molar-refractivity contribution in [1.29, 1.82) is 0 Å². The van der Waals surface area contributed by atoms with Crippen LogP contribution in [0.1, 0.15) is 23.2 Å². The largest absolute Gasteiger partial charge is 0.497 e. The minimum absolute atomic E-state index is 0.0120. The number of sulfone groups is 1. The third-order valence-electron chi connectivity index (χ3n) is 3.77. The van der Waals surface area contributed by atoms with Crippen LogP contribution in [-0.2, 0) is 14.6 Å². The van der Waals surface area contributed by atoms with Gasteiger partial charge in [-0.15, -0.1) is 0 Å². The second-order valence-corrected chi connectivity index (χ2v) is 7.77. The average molecular weight is 356 g/mol. The van der Waals surface area contributed by atoms with E-state index in [0.29, 0.717) is 17.9 Å². The summed E-state index contributed by atoms with van der Waals surface area (Å²) in [6.45, 7) is 0. The first-order chi connectivity index (χ1) is 11.3. The smallest absolute Gasteiger partial charge is 0.273 e. The molecule has 9 heteroatoms. The first-order valence-electron chi connectivity index (χ1n) is 7.36. The summed E-state index contributed by atoms with van der Waals surface area (Å²) in [6.07, 6.45) is 0.516. The highest BCUT2D eigenvalue weighted by molar-refractivity contribution is 7.91. The van der Waals surface area contributed by atoms with Gasteiger partial charge in [-0.3, -0.25) is 20.4 Å². The molecule has 0 aromatic heterocycles. The second kappa shape index (κ2) is 7.52. The predicted octanol–water partition coefficient (Wildman–Crippen LogP) is 0.290. The lowest BCUT2D eigenvalue weighted by atomic mass is 10.1. The van der Waals surface area contributed by atoms with Gasteiger partial charge in [0.05, 0.1) is 31.3 Å². The van der Waals surface area contributed by atoms with E-state index in [1.54, 1.807) is 12.1 Å². The quantitative estimate of drug-likeness (QED) is 0.734. The van der Waals surface area contributed by atoms with Crippen LogP contribution in [0.5, 0.6) is 11.5 Å². The van der Waals surface area contributed by atoms with Crippen LogP contribution < -0.4 is 20.3 Å². The van der Waals surface area contributed by atoms with E-state index in [1.807, 2.05) is 0 Å². The zero-order chi connectivity index (χ0) is 17.7. The lowest BCUT2D eigenvalue weighted by molar-refractivity contribution is -0.122. The van der Waals surface area contributed by atoms with Gasteiger partial charge >= 0.3 is 0 Å². The Balaban J connectivity index is 1.92. The van der Waals surface area contributed by atoms with Gasteiger partial charge < -0.3 is 9.47 Å². The van der Waals surface area contributed by atoms with Crippen molar-refractivity contribution in [3.63, 3.8) is 0 Å². The molecule has 0 radical (unpaired) electrons. The number of methoxy groups -OCH3 is 2. The number of hydrazine groups is 1. The molecule has 8 nitrogen and oxygen atoms in total. The Kier molecular flexibility index (Phi) is 5.66. The maximum absolute atomic E-state index is 12.2. The number of carbonyl (C=O) groups is 2. The molecule has 0 aliphatic carbocycles. The summed E-state index contributed by atoms with van der Waals surface area (Å²) in [5.41, 5.74) is 4.80. The lowest BCUT2D eigenvalue weighted by Crippen LogP contribution is -2.42. The Bertz CT molecular complexity index is 731. The van der Waals surface area contributed by atoms with E-state index in [4.69, 9.17) is 9.47 Å². The summed E-state index contributed by atoms with van der Waals surface area (Å²) < 4.78 is 32.9. The van der Waals surface area contributed by atoms with Crippen molar-refractivity contribution >= 4 is 21.7 Å². The highest BCUT2D eigenvalue weighted by Gasteiger charge is 2.29. The summed E-state index contributed by atoms with van der Waals surface area (Å²) in [7, 11) is -0.128. The van der Waals surface area contributed by atoms with Gasteiger partial charge in [0.25, 0.3) is 5.91 Å². The topological polar surface area (TPSA) is 111 Å². The molecule has 24 heavy (non-hydrogen) atoms. The molecule has 1 aromatic rings. The van der Waals surface area contributed by atoms with E-state index < -0.39 is 21.7 Å². The minimum atomic E-state index is -3.03. The van der Waals surface area contributed by atoms with Gasteiger partial charge in [0.1, 0.15) is 11.5 Å². The molecule has 0 saturated carbocycles. The molecule has 2 rings (SSSR count). The monoisotopic (exact) mass is 356 g/mol. The Hall–Kier alpha value is -2.29. The molecule has 1 atom stereocenters. The lowest BCUT2D eigenvalue weighted by Gasteiger charge is -2.12. The first kappa shape index (κ1) is 18.1. The van der Waals surface area contributed by atoms with Crippen molar-refractivity contribution in [3.8, 4) is 11.5 Å². The van der Waals surface area contributed by atoms with Gasteiger partial charge in [-0.1, -0.05) is 0 Å². The van der Waals surface area contributed by atoms with Crippen LogP contribution in [0.15, 0.2) is 18.2 Å². The van der Waals surface area contributed by atoms with E-state index in [-0.39, 0.29) is 29.4 Å². The van der Waals surface area contributed by atoms with Gasteiger partial charge in [-0.25, -0.2) is 8.42 Å². The summed E-state index contributed by atoms with van der Waals surface area (Å²) in [6, 6.07) is 4.72.